The molecule has 1 aliphatic carbocycles. The number of hydrogen-bond acceptors (Lipinski definition) is 3. The Morgan fingerprint density at radius 3 is 2.56 bits per heavy atom. The van der Waals surface area contributed by atoms with Crippen LogP contribution in [0.2, 0.25) is 0 Å². The summed E-state index contributed by atoms with van der Waals surface area (Å²) in [5.74, 6) is -0.552. The highest BCUT2D eigenvalue weighted by Gasteiger charge is 2.22. The van der Waals surface area contributed by atoms with E-state index in [0.29, 0.717) is 25.7 Å². The summed E-state index contributed by atoms with van der Waals surface area (Å²) in [6.45, 7) is 0. The fourth-order valence-corrected chi connectivity index (χ4v) is 3.45. The fourth-order valence-electron chi connectivity index (χ4n) is 3.45. The molecule has 0 aliphatic heterocycles. The molecule has 146 valence electrons. The quantitative estimate of drug-likeness (QED) is 0.416. The average molecular weight is 370 g/mol. The zero-order valence-corrected chi connectivity index (χ0v) is 15.9. The van der Waals surface area contributed by atoms with Crippen LogP contribution in [0.3, 0.4) is 0 Å². The van der Waals surface area contributed by atoms with Crippen LogP contribution in [0.15, 0.2) is 53.6 Å². The number of hydrogen-bond donors (Lipinski definition) is 2. The molecule has 0 saturated heterocycles. The van der Waals surface area contributed by atoms with E-state index in [4.69, 9.17) is 5.11 Å². The summed E-state index contributed by atoms with van der Waals surface area (Å²) in [5.41, 5.74) is 3.33. The molecule has 2 rings (SSSR count). The normalized spacial score (nSPS) is 15.7. The highest BCUT2D eigenvalue weighted by Crippen LogP contribution is 2.30. The minimum Gasteiger partial charge on any atom is -0.481 e. The molecule has 0 radical (unpaired) electrons. The predicted octanol–water partition coefficient (Wildman–Crippen LogP) is 4.62. The molecule has 0 spiro atoms. The summed E-state index contributed by atoms with van der Waals surface area (Å²) >= 11 is 0. The van der Waals surface area contributed by atoms with E-state index in [1.165, 1.54) is 11.1 Å². The number of carbonyl (C=O) groups is 2. The molecule has 1 aliphatic rings. The smallest absolute Gasteiger partial charge is 0.303 e. The van der Waals surface area contributed by atoms with Gasteiger partial charge in [0.05, 0.1) is 6.10 Å². The molecule has 0 heterocycles. The third-order valence-electron chi connectivity index (χ3n) is 5.06. The Kier molecular flexibility index (Phi) is 8.99. The minimum absolute atomic E-state index is 0.179. The van der Waals surface area contributed by atoms with Crippen LogP contribution in [0, 0.1) is 0 Å². The molecule has 0 bridgehead atoms. The van der Waals surface area contributed by atoms with Gasteiger partial charge >= 0.3 is 5.97 Å². The van der Waals surface area contributed by atoms with Crippen molar-refractivity contribution in [1.82, 2.24) is 0 Å². The van der Waals surface area contributed by atoms with Gasteiger partial charge in [-0.3, -0.25) is 9.59 Å². The van der Waals surface area contributed by atoms with Crippen molar-refractivity contribution in [2.75, 3.05) is 0 Å². The maximum absolute atomic E-state index is 12.1. The minimum atomic E-state index is -0.773. The second-order valence-corrected chi connectivity index (χ2v) is 7.18. The van der Waals surface area contributed by atoms with Crippen molar-refractivity contribution in [3.8, 4) is 0 Å². The molecule has 0 aromatic heterocycles. The van der Waals surface area contributed by atoms with Gasteiger partial charge in [-0.1, -0.05) is 48.1 Å². The molecule has 0 fully saturated rings. The first-order chi connectivity index (χ1) is 13.1. The molecule has 4 heteroatoms. The largest absolute Gasteiger partial charge is 0.481 e. The van der Waals surface area contributed by atoms with Gasteiger partial charge < -0.3 is 10.2 Å². The van der Waals surface area contributed by atoms with Crippen molar-refractivity contribution in [2.45, 2.75) is 70.3 Å². The highest BCUT2D eigenvalue weighted by molar-refractivity contribution is 5.98. The van der Waals surface area contributed by atoms with Crippen LogP contribution in [0.25, 0.3) is 0 Å². The number of Topliss-reactive ketones (excluding diaryl/α,β-unsaturated/α-hetero) is 1. The summed E-state index contributed by atoms with van der Waals surface area (Å²) in [6.07, 6.45) is 10.2. The highest BCUT2D eigenvalue weighted by atomic mass is 16.4. The lowest BCUT2D eigenvalue weighted by molar-refractivity contribution is -0.137. The molecular formula is C23H30O4. The van der Waals surface area contributed by atoms with E-state index < -0.39 is 5.97 Å². The van der Waals surface area contributed by atoms with Gasteiger partial charge in [-0.25, -0.2) is 0 Å². The lowest BCUT2D eigenvalue weighted by Crippen LogP contribution is -2.08. The Labute approximate surface area is 161 Å². The van der Waals surface area contributed by atoms with Gasteiger partial charge in [-0.15, -0.1) is 0 Å². The number of aliphatic hydroxyl groups is 1. The van der Waals surface area contributed by atoms with E-state index in [0.717, 1.165) is 37.7 Å². The zero-order chi connectivity index (χ0) is 19.5. The van der Waals surface area contributed by atoms with E-state index in [1.54, 1.807) is 0 Å². The maximum atomic E-state index is 12.1. The van der Waals surface area contributed by atoms with Crippen molar-refractivity contribution in [3.05, 3.63) is 59.2 Å². The van der Waals surface area contributed by atoms with Crippen molar-refractivity contribution in [3.63, 3.8) is 0 Å². The van der Waals surface area contributed by atoms with E-state index in [2.05, 4.69) is 12.1 Å². The first kappa shape index (κ1) is 21.1. The van der Waals surface area contributed by atoms with Gasteiger partial charge in [0.25, 0.3) is 0 Å². The zero-order valence-electron chi connectivity index (χ0n) is 15.9. The van der Waals surface area contributed by atoms with Crippen molar-refractivity contribution < 1.29 is 19.8 Å². The molecule has 1 atom stereocenters. The molecule has 27 heavy (non-hydrogen) atoms. The van der Waals surface area contributed by atoms with E-state index in [-0.39, 0.29) is 18.3 Å². The van der Waals surface area contributed by atoms with Crippen LogP contribution >= 0.6 is 0 Å². The number of aliphatic hydroxyl groups excluding tert-OH is 1. The molecule has 2 N–H and O–H groups in total. The lowest BCUT2D eigenvalue weighted by atomic mass is 9.98. The van der Waals surface area contributed by atoms with Crippen LogP contribution in [0.4, 0.5) is 0 Å². The molecule has 1 aromatic rings. The van der Waals surface area contributed by atoms with Gasteiger partial charge in [0.2, 0.25) is 0 Å². The number of carboxylic acids is 1. The van der Waals surface area contributed by atoms with Crippen LogP contribution < -0.4 is 0 Å². The summed E-state index contributed by atoms with van der Waals surface area (Å²) < 4.78 is 0. The Hall–Kier alpha value is -2.20. The summed E-state index contributed by atoms with van der Waals surface area (Å²) in [7, 11) is 0. The number of carboxylic acid groups (broad SMARTS) is 1. The van der Waals surface area contributed by atoms with Gasteiger partial charge in [-0.2, -0.15) is 0 Å². The van der Waals surface area contributed by atoms with E-state index in [9.17, 15) is 14.7 Å². The molecule has 0 saturated carbocycles. The number of carbonyl (C=O) groups excluding carboxylic acids is 1. The first-order valence-corrected chi connectivity index (χ1v) is 9.89. The van der Waals surface area contributed by atoms with Gasteiger partial charge in [0, 0.05) is 12.8 Å². The Morgan fingerprint density at radius 1 is 1.07 bits per heavy atom. The van der Waals surface area contributed by atoms with Crippen molar-refractivity contribution in [2.24, 2.45) is 0 Å². The second kappa shape index (κ2) is 11.5. The molecule has 0 unspecified atom stereocenters. The van der Waals surface area contributed by atoms with Crippen LogP contribution in [-0.4, -0.2) is 28.1 Å². The lowest BCUT2D eigenvalue weighted by Gasteiger charge is -2.12. The summed E-state index contributed by atoms with van der Waals surface area (Å²) in [6, 6.07) is 10.2. The topological polar surface area (TPSA) is 74.6 Å². The number of ketones is 1. The maximum Gasteiger partial charge on any atom is 0.303 e. The molecule has 0 amide bonds. The van der Waals surface area contributed by atoms with Crippen LogP contribution in [-0.2, 0) is 16.0 Å². The van der Waals surface area contributed by atoms with Gasteiger partial charge in [0.1, 0.15) is 0 Å². The number of rotatable bonds is 12. The van der Waals surface area contributed by atoms with E-state index in [1.807, 2.05) is 30.4 Å². The van der Waals surface area contributed by atoms with Crippen molar-refractivity contribution in [1.29, 1.82) is 0 Å². The third kappa shape index (κ3) is 7.92. The number of benzene rings is 1. The molecular weight excluding hydrogens is 340 g/mol. The summed E-state index contributed by atoms with van der Waals surface area (Å²) in [5, 5.41) is 18.9. The number of aliphatic carboxylic acids is 1. The Bertz CT molecular complexity index is 673. The van der Waals surface area contributed by atoms with Crippen LogP contribution in [0.5, 0.6) is 0 Å². The first-order valence-electron chi connectivity index (χ1n) is 9.89. The predicted molar refractivity (Wildman–Crippen MR) is 107 cm³/mol. The molecule has 4 nitrogen and oxygen atoms in total. The summed E-state index contributed by atoms with van der Waals surface area (Å²) in [4.78, 5) is 22.6. The SMILES string of the molecule is O=C(O)CCCC=CCC1=C(CC[C@@H](O)CCc2ccccc2)CCC1=O. The van der Waals surface area contributed by atoms with Crippen LogP contribution in [0.1, 0.15) is 63.4 Å². The monoisotopic (exact) mass is 370 g/mol. The Morgan fingerprint density at radius 2 is 1.81 bits per heavy atom. The van der Waals surface area contributed by atoms with E-state index >= 15 is 0 Å². The number of allylic oxidation sites excluding steroid dienone is 4. The third-order valence-corrected chi connectivity index (χ3v) is 5.06. The average Bonchev–Trinajstić information content (AvgIpc) is 3.01. The number of aryl methyl sites for hydroxylation is 1. The standard InChI is InChI=1S/C23H30O4/c24-20(15-12-18-8-4-3-5-9-18)16-13-19-14-17-22(25)21(19)10-6-1-2-7-11-23(26)27/h1,3-6,8-9,20,24H,2,7,10-17H2,(H,26,27)/t20-/m0/s1. The van der Waals surface area contributed by atoms with Gasteiger partial charge in [0.15, 0.2) is 5.78 Å². The number of unbranched alkanes of at least 4 members (excludes halogenated alkanes) is 1. The fraction of sp³-hybridized carbons (Fsp3) is 0.478. The molecule has 1 aromatic carbocycles. The van der Waals surface area contributed by atoms with Gasteiger partial charge in [-0.05, 0) is 62.5 Å². The second-order valence-electron chi connectivity index (χ2n) is 7.18. The van der Waals surface area contributed by atoms with Crippen molar-refractivity contribution >= 4 is 11.8 Å². The Balaban J connectivity index is 1.75.